The molecular weight excluding hydrogens is 164 g/mol. The van der Waals surface area contributed by atoms with Gasteiger partial charge in [-0.15, -0.1) is 0 Å². The number of rotatable bonds is 3. The average Bonchev–Trinajstić information content (AvgIpc) is 2.10. The van der Waals surface area contributed by atoms with E-state index in [0.29, 0.717) is 13.0 Å². The minimum Gasteiger partial charge on any atom is -0.388 e. The summed E-state index contributed by atoms with van der Waals surface area (Å²) in [5.41, 5.74) is 8.32. The second kappa shape index (κ2) is 4.35. The number of aliphatic hydroxyl groups excluding tert-OH is 1. The van der Waals surface area contributed by atoms with E-state index >= 15 is 0 Å². The Morgan fingerprint density at radius 3 is 2.77 bits per heavy atom. The molecular formula is C10H16N2O. The first-order valence-electron chi connectivity index (χ1n) is 4.46. The zero-order valence-electron chi connectivity index (χ0n) is 8.12. The average molecular weight is 180 g/mol. The van der Waals surface area contributed by atoms with E-state index in [2.05, 4.69) is 4.98 Å². The van der Waals surface area contributed by atoms with Gasteiger partial charge >= 0.3 is 0 Å². The van der Waals surface area contributed by atoms with Crippen LogP contribution in [0.3, 0.4) is 0 Å². The van der Waals surface area contributed by atoms with E-state index in [1.807, 2.05) is 19.9 Å². The highest BCUT2D eigenvalue weighted by Gasteiger charge is 2.07. The second-order valence-corrected chi connectivity index (χ2v) is 3.26. The Labute approximate surface area is 78.6 Å². The van der Waals surface area contributed by atoms with Crippen molar-refractivity contribution in [3.8, 4) is 0 Å². The van der Waals surface area contributed by atoms with E-state index in [1.54, 1.807) is 6.20 Å². The fraction of sp³-hybridized carbons (Fsp3) is 0.500. The van der Waals surface area contributed by atoms with Crippen LogP contribution in [0.1, 0.15) is 29.3 Å². The van der Waals surface area contributed by atoms with Gasteiger partial charge in [-0.25, -0.2) is 0 Å². The third-order valence-electron chi connectivity index (χ3n) is 2.19. The van der Waals surface area contributed by atoms with E-state index < -0.39 is 6.10 Å². The van der Waals surface area contributed by atoms with Gasteiger partial charge in [0.05, 0.1) is 6.10 Å². The number of pyridine rings is 1. The van der Waals surface area contributed by atoms with Gasteiger partial charge in [-0.2, -0.15) is 0 Å². The molecule has 3 heteroatoms. The minimum atomic E-state index is -0.475. The van der Waals surface area contributed by atoms with Crippen molar-refractivity contribution in [2.24, 2.45) is 5.73 Å². The summed E-state index contributed by atoms with van der Waals surface area (Å²) in [6.45, 7) is 4.43. The quantitative estimate of drug-likeness (QED) is 0.731. The predicted octanol–water partition coefficient (Wildman–Crippen LogP) is 1.08. The molecule has 0 saturated carbocycles. The van der Waals surface area contributed by atoms with Crippen LogP contribution in [0.5, 0.6) is 0 Å². The molecule has 0 amide bonds. The number of hydrogen-bond acceptors (Lipinski definition) is 3. The van der Waals surface area contributed by atoms with Crippen LogP contribution in [-0.4, -0.2) is 16.6 Å². The van der Waals surface area contributed by atoms with E-state index in [1.165, 1.54) is 0 Å². The molecule has 3 N–H and O–H groups in total. The monoisotopic (exact) mass is 180 g/mol. The highest BCUT2D eigenvalue weighted by molar-refractivity contribution is 5.24. The molecule has 0 aliphatic carbocycles. The van der Waals surface area contributed by atoms with Gasteiger partial charge in [0.25, 0.3) is 0 Å². The molecule has 72 valence electrons. The van der Waals surface area contributed by atoms with Crippen LogP contribution < -0.4 is 5.73 Å². The van der Waals surface area contributed by atoms with Crippen molar-refractivity contribution in [1.29, 1.82) is 0 Å². The summed E-state index contributed by atoms with van der Waals surface area (Å²) in [7, 11) is 0. The molecule has 0 bridgehead atoms. The van der Waals surface area contributed by atoms with Gasteiger partial charge in [0, 0.05) is 11.9 Å². The van der Waals surface area contributed by atoms with Gasteiger partial charge in [-0.3, -0.25) is 4.98 Å². The molecule has 0 fully saturated rings. The van der Waals surface area contributed by atoms with Crippen molar-refractivity contribution in [1.82, 2.24) is 4.98 Å². The molecule has 1 aromatic rings. The van der Waals surface area contributed by atoms with Gasteiger partial charge in [0.15, 0.2) is 0 Å². The zero-order valence-corrected chi connectivity index (χ0v) is 8.12. The molecule has 1 rings (SSSR count). The van der Waals surface area contributed by atoms with E-state index in [0.717, 1.165) is 16.8 Å². The maximum Gasteiger partial charge on any atom is 0.0817 e. The van der Waals surface area contributed by atoms with Crippen LogP contribution in [0, 0.1) is 13.8 Å². The molecule has 0 aromatic carbocycles. The Hall–Kier alpha value is -0.930. The Morgan fingerprint density at radius 2 is 2.23 bits per heavy atom. The van der Waals surface area contributed by atoms with E-state index in [-0.39, 0.29) is 0 Å². The molecule has 0 spiro atoms. The molecule has 13 heavy (non-hydrogen) atoms. The highest BCUT2D eigenvalue weighted by atomic mass is 16.3. The Morgan fingerprint density at radius 1 is 1.54 bits per heavy atom. The SMILES string of the molecule is Cc1cc(C(O)CCN)cnc1C. The summed E-state index contributed by atoms with van der Waals surface area (Å²) in [6, 6.07) is 1.96. The number of nitrogens with two attached hydrogens (primary N) is 1. The van der Waals surface area contributed by atoms with Gasteiger partial charge in [0.1, 0.15) is 0 Å². The largest absolute Gasteiger partial charge is 0.388 e. The van der Waals surface area contributed by atoms with E-state index in [9.17, 15) is 5.11 Å². The van der Waals surface area contributed by atoms with Crippen LogP contribution in [0.15, 0.2) is 12.3 Å². The van der Waals surface area contributed by atoms with Crippen molar-refractivity contribution in [2.75, 3.05) is 6.54 Å². The fourth-order valence-electron chi connectivity index (χ4n) is 1.17. The van der Waals surface area contributed by atoms with Crippen LogP contribution in [0.4, 0.5) is 0 Å². The molecule has 0 aliphatic rings. The lowest BCUT2D eigenvalue weighted by molar-refractivity contribution is 0.170. The van der Waals surface area contributed by atoms with Crippen molar-refractivity contribution in [3.05, 3.63) is 29.1 Å². The van der Waals surface area contributed by atoms with Gasteiger partial charge in [-0.1, -0.05) is 6.07 Å². The van der Waals surface area contributed by atoms with Crippen LogP contribution >= 0.6 is 0 Å². The first-order valence-corrected chi connectivity index (χ1v) is 4.46. The van der Waals surface area contributed by atoms with Crippen molar-refractivity contribution in [2.45, 2.75) is 26.4 Å². The van der Waals surface area contributed by atoms with Gasteiger partial charge in [0.2, 0.25) is 0 Å². The standard InChI is InChI=1S/C10H16N2O/c1-7-5-9(6-12-8(7)2)10(13)3-4-11/h5-6,10,13H,3-4,11H2,1-2H3. The molecule has 0 aliphatic heterocycles. The first-order chi connectivity index (χ1) is 6.15. The maximum atomic E-state index is 9.62. The summed E-state index contributed by atoms with van der Waals surface area (Å²) in [5.74, 6) is 0. The molecule has 1 unspecified atom stereocenters. The lowest BCUT2D eigenvalue weighted by atomic mass is 10.1. The Bertz CT molecular complexity index is 286. The first kappa shape index (κ1) is 10.2. The van der Waals surface area contributed by atoms with Gasteiger partial charge < -0.3 is 10.8 Å². The van der Waals surface area contributed by atoms with Gasteiger partial charge in [-0.05, 0) is 37.9 Å². The molecule has 0 radical (unpaired) electrons. The fourth-order valence-corrected chi connectivity index (χ4v) is 1.17. The zero-order chi connectivity index (χ0) is 9.84. The van der Waals surface area contributed by atoms with Crippen LogP contribution in [-0.2, 0) is 0 Å². The molecule has 3 nitrogen and oxygen atoms in total. The summed E-state index contributed by atoms with van der Waals surface area (Å²) in [6.07, 6.45) is 1.82. The molecule has 1 aromatic heterocycles. The normalized spacial score (nSPS) is 12.9. The van der Waals surface area contributed by atoms with Crippen molar-refractivity contribution < 1.29 is 5.11 Å². The number of hydrogen-bond donors (Lipinski definition) is 2. The lowest BCUT2D eigenvalue weighted by Crippen LogP contribution is -2.07. The van der Waals surface area contributed by atoms with Crippen LogP contribution in [0.2, 0.25) is 0 Å². The molecule has 0 saturated heterocycles. The Balaban J connectivity index is 2.84. The Kier molecular flexibility index (Phi) is 3.39. The number of aliphatic hydroxyl groups is 1. The van der Waals surface area contributed by atoms with E-state index in [4.69, 9.17) is 5.73 Å². The minimum absolute atomic E-state index is 0.475. The third-order valence-corrected chi connectivity index (χ3v) is 2.19. The number of nitrogens with zero attached hydrogens (tertiary/aromatic N) is 1. The number of aryl methyl sites for hydroxylation is 2. The number of aromatic nitrogens is 1. The summed E-state index contributed by atoms with van der Waals surface area (Å²) in [4.78, 5) is 4.18. The third kappa shape index (κ3) is 2.50. The topological polar surface area (TPSA) is 59.1 Å². The van der Waals surface area contributed by atoms with Crippen molar-refractivity contribution in [3.63, 3.8) is 0 Å². The summed E-state index contributed by atoms with van der Waals surface area (Å²) >= 11 is 0. The van der Waals surface area contributed by atoms with Crippen molar-refractivity contribution >= 4 is 0 Å². The summed E-state index contributed by atoms with van der Waals surface area (Å²) in [5, 5.41) is 9.62. The summed E-state index contributed by atoms with van der Waals surface area (Å²) < 4.78 is 0. The molecule has 1 atom stereocenters. The smallest absolute Gasteiger partial charge is 0.0817 e. The van der Waals surface area contributed by atoms with Crippen LogP contribution in [0.25, 0.3) is 0 Å². The highest BCUT2D eigenvalue weighted by Crippen LogP contribution is 2.16. The molecule has 1 heterocycles. The maximum absolute atomic E-state index is 9.62. The predicted molar refractivity (Wildman–Crippen MR) is 52.3 cm³/mol. The lowest BCUT2D eigenvalue weighted by Gasteiger charge is -2.10. The second-order valence-electron chi connectivity index (χ2n) is 3.26.